The maximum absolute atomic E-state index is 10.5. The highest BCUT2D eigenvalue weighted by Crippen LogP contribution is 2.26. The number of primary amides is 1. The van der Waals surface area contributed by atoms with E-state index < -0.39 is 6.03 Å². The van der Waals surface area contributed by atoms with Crippen molar-refractivity contribution in [2.75, 3.05) is 5.32 Å². The van der Waals surface area contributed by atoms with E-state index in [-0.39, 0.29) is 0 Å². The number of aryl methyl sites for hydroxylation is 1. The van der Waals surface area contributed by atoms with E-state index in [1.807, 2.05) is 6.07 Å². The van der Waals surface area contributed by atoms with Crippen molar-refractivity contribution in [1.82, 2.24) is 0 Å². The van der Waals surface area contributed by atoms with Crippen molar-refractivity contribution in [1.29, 1.82) is 5.26 Å². The van der Waals surface area contributed by atoms with Crippen molar-refractivity contribution >= 4 is 22.4 Å². The van der Waals surface area contributed by atoms with Crippen LogP contribution in [0.3, 0.4) is 0 Å². The van der Waals surface area contributed by atoms with Crippen LogP contribution in [-0.2, 0) is 0 Å². The van der Waals surface area contributed by atoms with Gasteiger partial charge in [-0.2, -0.15) is 5.26 Å². The maximum atomic E-state index is 10.5. The van der Waals surface area contributed by atoms with Gasteiger partial charge in [-0.3, -0.25) is 5.32 Å². The molecule has 0 atom stereocenters. The summed E-state index contributed by atoms with van der Waals surface area (Å²) in [6.07, 6.45) is 0. The van der Waals surface area contributed by atoms with Gasteiger partial charge in [-0.1, -0.05) is 0 Å². The van der Waals surface area contributed by atoms with Crippen LogP contribution in [-0.4, -0.2) is 6.03 Å². The van der Waals surface area contributed by atoms with E-state index in [2.05, 4.69) is 5.32 Å². The highest BCUT2D eigenvalue weighted by atomic mass is 32.1. The Hall–Kier alpha value is -1.54. The first-order valence-electron chi connectivity index (χ1n) is 3.19. The number of urea groups is 1. The number of hydrogen-bond acceptors (Lipinski definition) is 3. The second kappa shape index (κ2) is 3.24. The number of amides is 2. The van der Waals surface area contributed by atoms with Gasteiger partial charge in [0.2, 0.25) is 0 Å². The number of nitrogens with one attached hydrogen (secondary N) is 1. The molecule has 5 heteroatoms. The minimum absolute atomic E-state index is 0.485. The van der Waals surface area contributed by atoms with Gasteiger partial charge in [-0.15, -0.1) is 11.3 Å². The fourth-order valence-electron chi connectivity index (χ4n) is 0.787. The third-order valence-electron chi connectivity index (χ3n) is 1.32. The zero-order valence-corrected chi connectivity index (χ0v) is 7.23. The van der Waals surface area contributed by atoms with E-state index in [1.165, 1.54) is 11.3 Å². The standard InChI is InChI=1S/C7H7N3OS/c1-4-3-12-6(5(4)2-8)10-7(9)11/h3H,1H3,(H3,9,10,11). The summed E-state index contributed by atoms with van der Waals surface area (Å²) < 4.78 is 0. The number of rotatable bonds is 1. The lowest BCUT2D eigenvalue weighted by atomic mass is 10.2. The quantitative estimate of drug-likeness (QED) is 0.687. The molecule has 3 N–H and O–H groups in total. The van der Waals surface area contributed by atoms with Crippen molar-refractivity contribution in [3.63, 3.8) is 0 Å². The summed E-state index contributed by atoms with van der Waals surface area (Å²) >= 11 is 1.29. The first-order chi connectivity index (χ1) is 5.65. The number of anilines is 1. The topological polar surface area (TPSA) is 78.9 Å². The van der Waals surface area contributed by atoms with Gasteiger partial charge < -0.3 is 5.73 Å². The van der Waals surface area contributed by atoms with Crippen LogP contribution in [0.5, 0.6) is 0 Å². The summed E-state index contributed by atoms with van der Waals surface area (Å²) in [5, 5.41) is 13.4. The molecule has 0 aliphatic heterocycles. The van der Waals surface area contributed by atoms with Gasteiger partial charge in [-0.05, 0) is 17.9 Å². The lowest BCUT2D eigenvalue weighted by Crippen LogP contribution is -2.19. The molecule has 2 amide bonds. The van der Waals surface area contributed by atoms with Crippen LogP contribution in [0.25, 0.3) is 0 Å². The molecule has 1 rings (SSSR count). The Morgan fingerprint density at radius 3 is 3.00 bits per heavy atom. The molecule has 0 aliphatic carbocycles. The molecule has 0 aliphatic rings. The van der Waals surface area contributed by atoms with Crippen LogP contribution in [0.15, 0.2) is 5.38 Å². The van der Waals surface area contributed by atoms with Crippen molar-refractivity contribution in [3.8, 4) is 6.07 Å². The second-order valence-electron chi connectivity index (χ2n) is 2.22. The monoisotopic (exact) mass is 181 g/mol. The van der Waals surface area contributed by atoms with Crippen molar-refractivity contribution in [3.05, 3.63) is 16.5 Å². The van der Waals surface area contributed by atoms with Gasteiger partial charge in [0.25, 0.3) is 0 Å². The van der Waals surface area contributed by atoms with Gasteiger partial charge in [0.15, 0.2) is 0 Å². The molecular formula is C7H7N3OS. The lowest BCUT2D eigenvalue weighted by molar-refractivity contribution is 0.259. The highest BCUT2D eigenvalue weighted by Gasteiger charge is 2.08. The summed E-state index contributed by atoms with van der Waals surface area (Å²) in [5.41, 5.74) is 6.24. The lowest BCUT2D eigenvalue weighted by Gasteiger charge is -1.96. The molecule has 0 spiro atoms. The number of nitriles is 1. The summed E-state index contributed by atoms with van der Waals surface area (Å²) in [6, 6.07) is 1.34. The summed E-state index contributed by atoms with van der Waals surface area (Å²) in [7, 11) is 0. The van der Waals surface area contributed by atoms with E-state index >= 15 is 0 Å². The third kappa shape index (κ3) is 1.54. The van der Waals surface area contributed by atoms with Gasteiger partial charge in [0, 0.05) is 0 Å². The van der Waals surface area contributed by atoms with Crippen LogP contribution in [0, 0.1) is 18.3 Å². The molecule has 0 fully saturated rings. The van der Waals surface area contributed by atoms with Crippen molar-refractivity contribution < 1.29 is 4.79 Å². The van der Waals surface area contributed by atoms with Gasteiger partial charge in [0.05, 0.1) is 5.56 Å². The fraction of sp³-hybridized carbons (Fsp3) is 0.143. The Bertz CT molecular complexity index is 350. The predicted octanol–water partition coefficient (Wildman–Crippen LogP) is 1.42. The Kier molecular flexibility index (Phi) is 2.31. The second-order valence-corrected chi connectivity index (χ2v) is 3.10. The van der Waals surface area contributed by atoms with Crippen molar-refractivity contribution in [2.45, 2.75) is 6.92 Å². The molecule has 0 bridgehead atoms. The molecule has 62 valence electrons. The third-order valence-corrected chi connectivity index (χ3v) is 2.34. The van der Waals surface area contributed by atoms with E-state index in [1.54, 1.807) is 12.3 Å². The minimum Gasteiger partial charge on any atom is -0.351 e. The Morgan fingerprint density at radius 1 is 1.83 bits per heavy atom. The van der Waals surface area contributed by atoms with Crippen molar-refractivity contribution in [2.24, 2.45) is 5.73 Å². The van der Waals surface area contributed by atoms with Gasteiger partial charge >= 0.3 is 6.03 Å². The largest absolute Gasteiger partial charge is 0.351 e. The molecule has 0 saturated carbocycles. The molecular weight excluding hydrogens is 174 g/mol. The Balaban J connectivity index is 3.01. The summed E-state index contributed by atoms with van der Waals surface area (Å²) in [6.45, 7) is 1.81. The zero-order chi connectivity index (χ0) is 9.14. The van der Waals surface area contributed by atoms with E-state index in [4.69, 9.17) is 11.0 Å². The molecule has 0 radical (unpaired) electrons. The molecule has 0 unspecified atom stereocenters. The van der Waals surface area contributed by atoms with Crippen LogP contribution < -0.4 is 11.1 Å². The number of thiophene rings is 1. The van der Waals surface area contributed by atoms with Gasteiger partial charge in [-0.25, -0.2) is 4.79 Å². The number of hydrogen-bond donors (Lipinski definition) is 2. The maximum Gasteiger partial charge on any atom is 0.317 e. The summed E-state index contributed by atoms with van der Waals surface area (Å²) in [5.74, 6) is 0. The number of carbonyl (C=O) groups is 1. The minimum atomic E-state index is -0.645. The van der Waals surface area contributed by atoms with Crippen LogP contribution in [0.4, 0.5) is 9.80 Å². The first-order valence-corrected chi connectivity index (χ1v) is 4.07. The molecule has 0 aromatic carbocycles. The van der Waals surface area contributed by atoms with Crippen LogP contribution in [0.1, 0.15) is 11.1 Å². The predicted molar refractivity (Wildman–Crippen MR) is 47.0 cm³/mol. The molecule has 0 saturated heterocycles. The number of nitrogens with two attached hydrogens (primary N) is 1. The molecule has 4 nitrogen and oxygen atoms in total. The number of nitrogens with zero attached hydrogens (tertiary/aromatic N) is 1. The van der Waals surface area contributed by atoms with E-state index in [0.29, 0.717) is 10.6 Å². The first kappa shape index (κ1) is 8.56. The van der Waals surface area contributed by atoms with Crippen LogP contribution >= 0.6 is 11.3 Å². The SMILES string of the molecule is Cc1csc(NC(N)=O)c1C#N. The normalized spacial score (nSPS) is 9.00. The summed E-state index contributed by atoms with van der Waals surface area (Å²) in [4.78, 5) is 10.5. The molecule has 12 heavy (non-hydrogen) atoms. The van der Waals surface area contributed by atoms with E-state index in [0.717, 1.165) is 5.56 Å². The van der Waals surface area contributed by atoms with E-state index in [9.17, 15) is 4.79 Å². The number of carbonyl (C=O) groups excluding carboxylic acids is 1. The average molecular weight is 181 g/mol. The molecule has 1 heterocycles. The van der Waals surface area contributed by atoms with Crippen LogP contribution in [0.2, 0.25) is 0 Å². The highest BCUT2D eigenvalue weighted by molar-refractivity contribution is 7.14. The molecule has 1 aromatic rings. The Morgan fingerprint density at radius 2 is 2.50 bits per heavy atom. The molecule has 1 aromatic heterocycles. The Labute approximate surface area is 73.6 Å². The average Bonchev–Trinajstić information content (AvgIpc) is 2.30. The zero-order valence-electron chi connectivity index (χ0n) is 6.42. The smallest absolute Gasteiger partial charge is 0.317 e. The van der Waals surface area contributed by atoms with Gasteiger partial charge in [0.1, 0.15) is 11.1 Å². The fourth-order valence-corrected chi connectivity index (χ4v) is 1.68.